The summed E-state index contributed by atoms with van der Waals surface area (Å²) in [5, 5.41) is 0. The van der Waals surface area contributed by atoms with Crippen LogP contribution >= 0.6 is 22.6 Å². The van der Waals surface area contributed by atoms with Gasteiger partial charge in [-0.15, -0.1) is 0 Å². The van der Waals surface area contributed by atoms with Crippen LogP contribution in [-0.2, 0) is 0 Å². The maximum Gasteiger partial charge on any atom is 0.0858 e. The van der Waals surface area contributed by atoms with Gasteiger partial charge in [0, 0.05) is 0 Å². The van der Waals surface area contributed by atoms with Gasteiger partial charge in [0.1, 0.15) is 0 Å². The van der Waals surface area contributed by atoms with Crippen molar-refractivity contribution in [3.63, 3.8) is 0 Å². The van der Waals surface area contributed by atoms with Gasteiger partial charge >= 0.3 is 0 Å². The predicted molar refractivity (Wildman–Crippen MR) is 111 cm³/mol. The first-order valence-corrected chi connectivity index (χ1v) is 13.6. The minimum Gasteiger partial charge on any atom is -0.0843 e. The van der Waals surface area contributed by atoms with Crippen LogP contribution in [0.25, 0.3) is 0 Å². The number of unbranched alkanes of at least 4 members (excludes halogenated alkanes) is 7. The summed E-state index contributed by atoms with van der Waals surface area (Å²) in [6.07, 6.45) is 18.4. The average molecular weight is 420 g/mol. The largest absolute Gasteiger partial charge is 0.0858 e. The zero-order valence-electron chi connectivity index (χ0n) is 15.1. The third-order valence-corrected chi connectivity index (χ3v) is 11.0. The van der Waals surface area contributed by atoms with E-state index in [0.29, 0.717) is 0 Å². The Kier molecular flexibility index (Phi) is 13.2. The molecular weight excluding hydrogens is 383 g/mol. The van der Waals surface area contributed by atoms with Crippen molar-refractivity contribution in [2.45, 2.75) is 97.7 Å². The molecule has 0 atom stereocenters. The molecule has 0 aliphatic carbocycles. The summed E-state index contributed by atoms with van der Waals surface area (Å²) in [5.41, 5.74) is 1.64. The number of halogens is 1. The van der Waals surface area contributed by atoms with Crippen LogP contribution in [-0.4, -0.2) is 8.07 Å². The van der Waals surface area contributed by atoms with Gasteiger partial charge in [-0.25, -0.2) is 0 Å². The van der Waals surface area contributed by atoms with Crippen LogP contribution in [0.15, 0.2) is 20.9 Å². The van der Waals surface area contributed by atoms with Gasteiger partial charge < -0.3 is 0 Å². The Balaban J connectivity index is 4.48. The van der Waals surface area contributed by atoms with Crippen molar-refractivity contribution >= 4 is 30.7 Å². The van der Waals surface area contributed by atoms with Gasteiger partial charge in [-0.3, -0.25) is 0 Å². The summed E-state index contributed by atoms with van der Waals surface area (Å²) >= 11 is 2.64. The van der Waals surface area contributed by atoms with Gasteiger partial charge in [-0.1, -0.05) is 107 Å². The standard InChI is InChI=1S/C19H37ISi/c1-6-8-10-12-13-15-17-18(16-14-11-9-7-2)19(20)21(3,4)5/h15,17H,6-14,16H2,1-5H3/b17-15+,19-18-. The second-order valence-corrected chi connectivity index (χ2v) is 14.2. The van der Waals surface area contributed by atoms with E-state index in [1.165, 1.54) is 64.2 Å². The van der Waals surface area contributed by atoms with Gasteiger partial charge in [0.15, 0.2) is 0 Å². The van der Waals surface area contributed by atoms with Crippen LogP contribution < -0.4 is 0 Å². The molecule has 0 fully saturated rings. The topological polar surface area (TPSA) is 0 Å². The van der Waals surface area contributed by atoms with Crippen molar-refractivity contribution in [2.24, 2.45) is 0 Å². The lowest BCUT2D eigenvalue weighted by Gasteiger charge is -2.19. The molecule has 124 valence electrons. The molecule has 0 saturated heterocycles. The van der Waals surface area contributed by atoms with Gasteiger partial charge in [0.05, 0.1) is 8.07 Å². The van der Waals surface area contributed by atoms with Crippen LogP contribution in [0.4, 0.5) is 0 Å². The molecule has 0 aliphatic heterocycles. The van der Waals surface area contributed by atoms with E-state index < -0.39 is 8.07 Å². The van der Waals surface area contributed by atoms with Crippen LogP contribution in [0.5, 0.6) is 0 Å². The number of allylic oxidation sites excluding steroid dienone is 3. The molecule has 0 spiro atoms. The molecular formula is C19H37ISi. The first-order valence-electron chi connectivity index (χ1n) is 8.99. The lowest BCUT2D eigenvalue weighted by molar-refractivity contribution is 0.666. The first kappa shape index (κ1) is 21.4. The fourth-order valence-corrected chi connectivity index (χ4v) is 4.03. The Hall–Kier alpha value is 0.427. The normalized spacial score (nSPS) is 13.8. The van der Waals surface area contributed by atoms with Crippen LogP contribution in [0.1, 0.15) is 78.1 Å². The maximum absolute atomic E-state index is 2.64. The summed E-state index contributed by atoms with van der Waals surface area (Å²) in [5.74, 6) is 0. The zero-order chi connectivity index (χ0) is 16.1. The smallest absolute Gasteiger partial charge is 0.0843 e. The molecule has 0 aromatic heterocycles. The molecule has 0 N–H and O–H groups in total. The van der Waals surface area contributed by atoms with Crippen LogP contribution in [0, 0.1) is 0 Å². The Morgan fingerprint density at radius 1 is 0.857 bits per heavy atom. The Bertz CT molecular complexity index is 310. The molecule has 2 heteroatoms. The monoisotopic (exact) mass is 420 g/mol. The fraction of sp³-hybridized carbons (Fsp3) is 0.789. The summed E-state index contributed by atoms with van der Waals surface area (Å²) in [7, 11) is -1.16. The van der Waals surface area contributed by atoms with Gasteiger partial charge in [-0.05, 0) is 34.5 Å². The third-order valence-electron chi connectivity index (χ3n) is 3.78. The number of rotatable bonds is 12. The van der Waals surface area contributed by atoms with Crippen molar-refractivity contribution in [3.8, 4) is 0 Å². The SMILES string of the molecule is CCCCCC/C=C/C(CCCCCC)=C(/I)[Si](C)(C)C. The molecule has 0 aromatic rings. The van der Waals surface area contributed by atoms with Crippen molar-refractivity contribution in [2.75, 3.05) is 0 Å². The van der Waals surface area contributed by atoms with Crippen LogP contribution in [0.2, 0.25) is 19.6 Å². The van der Waals surface area contributed by atoms with E-state index in [0.717, 1.165) is 0 Å². The maximum atomic E-state index is 2.64. The van der Waals surface area contributed by atoms with E-state index in [9.17, 15) is 0 Å². The highest BCUT2D eigenvalue weighted by Crippen LogP contribution is 2.29. The van der Waals surface area contributed by atoms with Crippen LogP contribution in [0.3, 0.4) is 0 Å². The molecule has 0 aromatic carbocycles. The Morgan fingerprint density at radius 3 is 1.95 bits per heavy atom. The van der Waals surface area contributed by atoms with Gasteiger partial charge in [0.2, 0.25) is 0 Å². The zero-order valence-corrected chi connectivity index (χ0v) is 18.3. The highest BCUT2D eigenvalue weighted by atomic mass is 127. The molecule has 0 heterocycles. The second kappa shape index (κ2) is 12.9. The third kappa shape index (κ3) is 11.6. The number of hydrogen-bond donors (Lipinski definition) is 0. The summed E-state index contributed by atoms with van der Waals surface area (Å²) in [6.45, 7) is 12.0. The van der Waals surface area contributed by atoms with E-state index in [4.69, 9.17) is 0 Å². The molecule has 0 rings (SSSR count). The van der Waals surface area contributed by atoms with Crippen molar-refractivity contribution < 1.29 is 0 Å². The predicted octanol–water partition coefficient (Wildman–Crippen LogP) is 8.05. The van der Waals surface area contributed by atoms with E-state index >= 15 is 0 Å². The molecule has 21 heavy (non-hydrogen) atoms. The van der Waals surface area contributed by atoms with Crippen molar-refractivity contribution in [1.82, 2.24) is 0 Å². The Morgan fingerprint density at radius 2 is 1.43 bits per heavy atom. The minimum atomic E-state index is -1.16. The number of hydrogen-bond acceptors (Lipinski definition) is 0. The van der Waals surface area contributed by atoms with E-state index in [1.54, 1.807) is 8.78 Å². The summed E-state index contributed by atoms with van der Waals surface area (Å²) in [4.78, 5) is 0. The highest BCUT2D eigenvalue weighted by Gasteiger charge is 2.19. The molecule has 0 aliphatic rings. The quantitative estimate of drug-likeness (QED) is 0.130. The molecule has 0 unspecified atom stereocenters. The summed E-state index contributed by atoms with van der Waals surface area (Å²) in [6, 6.07) is 0. The molecule has 0 bridgehead atoms. The second-order valence-electron chi connectivity index (χ2n) is 7.15. The van der Waals surface area contributed by atoms with Crippen molar-refractivity contribution in [3.05, 3.63) is 20.9 Å². The van der Waals surface area contributed by atoms with E-state index in [1.807, 2.05) is 0 Å². The average Bonchev–Trinajstić information content (AvgIpc) is 2.43. The molecule has 0 saturated carbocycles. The molecule has 0 amide bonds. The molecule has 0 radical (unpaired) electrons. The first-order chi connectivity index (χ1) is 9.93. The fourth-order valence-electron chi connectivity index (χ4n) is 2.40. The van der Waals surface area contributed by atoms with E-state index in [-0.39, 0.29) is 0 Å². The minimum absolute atomic E-state index is 1.16. The van der Waals surface area contributed by atoms with Gasteiger partial charge in [0.25, 0.3) is 0 Å². The van der Waals surface area contributed by atoms with Gasteiger partial charge in [-0.2, -0.15) is 0 Å². The molecule has 0 nitrogen and oxygen atoms in total. The highest BCUT2D eigenvalue weighted by molar-refractivity contribution is 14.1. The summed E-state index contributed by atoms with van der Waals surface area (Å²) < 4.78 is 1.68. The Labute approximate surface area is 149 Å². The van der Waals surface area contributed by atoms with E-state index in [2.05, 4.69) is 68.2 Å². The lowest BCUT2D eigenvalue weighted by Crippen LogP contribution is -2.21. The van der Waals surface area contributed by atoms with Crippen molar-refractivity contribution in [1.29, 1.82) is 0 Å². The lowest BCUT2D eigenvalue weighted by atomic mass is 10.1.